The summed E-state index contributed by atoms with van der Waals surface area (Å²) in [6, 6.07) is 9.93. The minimum Gasteiger partial charge on any atom is -0.493 e. The number of benzene rings is 1. The van der Waals surface area contributed by atoms with Crippen molar-refractivity contribution in [2.24, 2.45) is 0 Å². The van der Waals surface area contributed by atoms with Gasteiger partial charge in [0.2, 0.25) is 0 Å². The van der Waals surface area contributed by atoms with E-state index in [1.54, 1.807) is 6.20 Å². The van der Waals surface area contributed by atoms with Gasteiger partial charge in [0, 0.05) is 11.6 Å². The van der Waals surface area contributed by atoms with Crippen molar-refractivity contribution in [3.63, 3.8) is 0 Å². The monoisotopic (exact) mass is 216 g/mol. The Labute approximate surface area is 95.5 Å². The summed E-state index contributed by atoms with van der Waals surface area (Å²) in [4.78, 5) is 4.29. The predicted octanol–water partition coefficient (Wildman–Crippen LogP) is 2.22. The van der Waals surface area contributed by atoms with Gasteiger partial charge in [-0.3, -0.25) is 4.98 Å². The van der Waals surface area contributed by atoms with Crippen molar-refractivity contribution in [2.45, 2.75) is 6.42 Å². The number of rotatable bonds is 5. The van der Waals surface area contributed by atoms with Crippen molar-refractivity contribution >= 4 is 10.9 Å². The van der Waals surface area contributed by atoms with Gasteiger partial charge in [0.05, 0.1) is 12.1 Å². The van der Waals surface area contributed by atoms with Crippen LogP contribution in [0.2, 0.25) is 0 Å². The standard InChI is InChI=1S/C13H16N2O/c1-14-8-4-10-16-13-7-2-6-12-11(13)5-3-9-15-12/h2-3,5-7,9,14H,4,8,10H2,1H3. The van der Waals surface area contributed by atoms with Gasteiger partial charge in [-0.1, -0.05) is 6.07 Å². The lowest BCUT2D eigenvalue weighted by Crippen LogP contribution is -2.11. The third-order valence-electron chi connectivity index (χ3n) is 2.43. The molecule has 16 heavy (non-hydrogen) atoms. The Morgan fingerprint density at radius 3 is 3.06 bits per heavy atom. The van der Waals surface area contributed by atoms with E-state index in [1.165, 1.54) is 0 Å². The van der Waals surface area contributed by atoms with Crippen molar-refractivity contribution < 1.29 is 4.74 Å². The molecule has 0 aliphatic carbocycles. The molecule has 0 saturated heterocycles. The van der Waals surface area contributed by atoms with Crippen molar-refractivity contribution in [1.29, 1.82) is 0 Å². The van der Waals surface area contributed by atoms with Crippen LogP contribution in [0.4, 0.5) is 0 Å². The summed E-state index contributed by atoms with van der Waals surface area (Å²) in [7, 11) is 1.95. The van der Waals surface area contributed by atoms with Crippen LogP contribution in [0.3, 0.4) is 0 Å². The summed E-state index contributed by atoms with van der Waals surface area (Å²) < 4.78 is 5.74. The Kier molecular flexibility index (Phi) is 3.72. The lowest BCUT2D eigenvalue weighted by Gasteiger charge is -2.08. The lowest BCUT2D eigenvalue weighted by atomic mass is 10.2. The molecule has 0 aliphatic rings. The zero-order valence-corrected chi connectivity index (χ0v) is 9.44. The molecule has 3 heteroatoms. The Morgan fingerprint density at radius 1 is 1.25 bits per heavy atom. The highest BCUT2D eigenvalue weighted by atomic mass is 16.5. The normalized spacial score (nSPS) is 10.6. The highest BCUT2D eigenvalue weighted by Gasteiger charge is 2.01. The molecule has 0 fully saturated rings. The molecule has 2 rings (SSSR count). The Morgan fingerprint density at radius 2 is 2.19 bits per heavy atom. The maximum absolute atomic E-state index is 5.74. The first-order valence-electron chi connectivity index (χ1n) is 5.53. The average Bonchev–Trinajstić information content (AvgIpc) is 2.35. The number of nitrogens with zero attached hydrogens (tertiary/aromatic N) is 1. The zero-order chi connectivity index (χ0) is 11.2. The number of aromatic nitrogens is 1. The molecule has 84 valence electrons. The second-order valence-corrected chi connectivity index (χ2v) is 3.63. The molecule has 1 aromatic carbocycles. The van der Waals surface area contributed by atoms with Crippen LogP contribution in [0.15, 0.2) is 36.5 Å². The van der Waals surface area contributed by atoms with Gasteiger partial charge in [0.1, 0.15) is 5.75 Å². The summed E-state index contributed by atoms with van der Waals surface area (Å²) in [6.07, 6.45) is 2.81. The predicted molar refractivity (Wildman–Crippen MR) is 65.8 cm³/mol. The van der Waals surface area contributed by atoms with E-state index in [-0.39, 0.29) is 0 Å². The largest absolute Gasteiger partial charge is 0.493 e. The minimum atomic E-state index is 0.731. The van der Waals surface area contributed by atoms with Crippen LogP contribution >= 0.6 is 0 Å². The molecule has 0 unspecified atom stereocenters. The van der Waals surface area contributed by atoms with E-state index in [9.17, 15) is 0 Å². The molecule has 0 radical (unpaired) electrons. The number of hydrogen-bond donors (Lipinski definition) is 1. The Bertz CT molecular complexity index is 451. The third kappa shape index (κ3) is 2.49. The van der Waals surface area contributed by atoms with Crippen molar-refractivity contribution in [3.05, 3.63) is 36.5 Å². The molecule has 2 aromatic rings. The highest BCUT2D eigenvalue weighted by Crippen LogP contribution is 2.23. The number of nitrogens with one attached hydrogen (secondary N) is 1. The topological polar surface area (TPSA) is 34.1 Å². The maximum atomic E-state index is 5.74. The highest BCUT2D eigenvalue weighted by molar-refractivity contribution is 5.84. The van der Waals surface area contributed by atoms with E-state index in [0.717, 1.165) is 36.2 Å². The van der Waals surface area contributed by atoms with Crippen LogP contribution in [0.25, 0.3) is 10.9 Å². The van der Waals surface area contributed by atoms with E-state index < -0.39 is 0 Å². The van der Waals surface area contributed by atoms with E-state index in [4.69, 9.17) is 4.74 Å². The molecular weight excluding hydrogens is 200 g/mol. The van der Waals surface area contributed by atoms with E-state index in [1.807, 2.05) is 37.4 Å². The fourth-order valence-electron chi connectivity index (χ4n) is 1.63. The third-order valence-corrected chi connectivity index (χ3v) is 2.43. The number of fused-ring (bicyclic) bond motifs is 1. The van der Waals surface area contributed by atoms with E-state index in [2.05, 4.69) is 10.3 Å². The Hall–Kier alpha value is -1.61. The second kappa shape index (κ2) is 5.47. The lowest BCUT2D eigenvalue weighted by molar-refractivity contribution is 0.313. The SMILES string of the molecule is CNCCCOc1cccc2ncccc12. The summed E-state index contributed by atoms with van der Waals surface area (Å²) in [5, 5.41) is 4.18. The van der Waals surface area contributed by atoms with Gasteiger partial charge < -0.3 is 10.1 Å². The molecule has 3 nitrogen and oxygen atoms in total. The first kappa shape index (κ1) is 10.9. The molecule has 0 atom stereocenters. The molecule has 0 spiro atoms. The molecule has 0 aliphatic heterocycles. The smallest absolute Gasteiger partial charge is 0.128 e. The fourth-order valence-corrected chi connectivity index (χ4v) is 1.63. The van der Waals surface area contributed by atoms with Gasteiger partial charge in [-0.2, -0.15) is 0 Å². The second-order valence-electron chi connectivity index (χ2n) is 3.63. The minimum absolute atomic E-state index is 0.731. The van der Waals surface area contributed by atoms with Crippen LogP contribution in [0.5, 0.6) is 5.75 Å². The van der Waals surface area contributed by atoms with Crippen LogP contribution in [-0.4, -0.2) is 25.2 Å². The fraction of sp³-hybridized carbons (Fsp3) is 0.308. The maximum Gasteiger partial charge on any atom is 0.128 e. The molecule has 1 aromatic heterocycles. The van der Waals surface area contributed by atoms with E-state index >= 15 is 0 Å². The van der Waals surface area contributed by atoms with Gasteiger partial charge in [0.15, 0.2) is 0 Å². The van der Waals surface area contributed by atoms with Crippen LogP contribution in [0.1, 0.15) is 6.42 Å². The number of ether oxygens (including phenoxy) is 1. The summed E-state index contributed by atoms with van der Waals surface area (Å²) >= 11 is 0. The molecule has 1 heterocycles. The molecule has 1 N–H and O–H groups in total. The molecule has 0 bridgehead atoms. The van der Waals surface area contributed by atoms with Crippen LogP contribution < -0.4 is 10.1 Å². The Balaban J connectivity index is 2.11. The van der Waals surface area contributed by atoms with Crippen molar-refractivity contribution in [2.75, 3.05) is 20.2 Å². The van der Waals surface area contributed by atoms with Crippen molar-refractivity contribution in [3.8, 4) is 5.75 Å². The number of pyridine rings is 1. The zero-order valence-electron chi connectivity index (χ0n) is 9.44. The van der Waals surface area contributed by atoms with Gasteiger partial charge in [-0.25, -0.2) is 0 Å². The van der Waals surface area contributed by atoms with Crippen molar-refractivity contribution in [1.82, 2.24) is 10.3 Å². The van der Waals surface area contributed by atoms with Gasteiger partial charge in [0.25, 0.3) is 0 Å². The molecule has 0 amide bonds. The molecular formula is C13H16N2O. The first-order chi connectivity index (χ1) is 7.92. The van der Waals surface area contributed by atoms with Gasteiger partial charge >= 0.3 is 0 Å². The summed E-state index contributed by atoms with van der Waals surface area (Å²) in [6.45, 7) is 1.71. The quantitative estimate of drug-likeness (QED) is 0.778. The summed E-state index contributed by atoms with van der Waals surface area (Å²) in [5.74, 6) is 0.918. The average molecular weight is 216 g/mol. The van der Waals surface area contributed by atoms with Crippen LogP contribution in [0, 0.1) is 0 Å². The van der Waals surface area contributed by atoms with Gasteiger partial charge in [-0.15, -0.1) is 0 Å². The van der Waals surface area contributed by atoms with Crippen LogP contribution in [-0.2, 0) is 0 Å². The van der Waals surface area contributed by atoms with E-state index in [0.29, 0.717) is 0 Å². The number of hydrogen-bond acceptors (Lipinski definition) is 3. The first-order valence-corrected chi connectivity index (χ1v) is 5.53. The van der Waals surface area contributed by atoms with Gasteiger partial charge in [-0.05, 0) is 44.3 Å². The summed E-state index contributed by atoms with van der Waals surface area (Å²) in [5.41, 5.74) is 0.980. The molecule has 0 saturated carbocycles.